The predicted octanol–water partition coefficient (Wildman–Crippen LogP) is 3.21. The number of carbonyl (C=O) groups excluding carboxylic acids is 1. The van der Waals surface area contributed by atoms with Gasteiger partial charge in [-0.05, 0) is 37.0 Å². The van der Waals surface area contributed by atoms with Crippen LogP contribution in [-0.4, -0.2) is 15.7 Å². The number of nitrogens with zero attached hydrogens (tertiary/aromatic N) is 2. The minimum atomic E-state index is -0.174. The number of anilines is 1. The first-order chi connectivity index (χ1) is 10.1. The van der Waals surface area contributed by atoms with Gasteiger partial charge in [0.1, 0.15) is 5.82 Å². The lowest BCUT2D eigenvalue weighted by atomic mass is 10.2. The fourth-order valence-corrected chi connectivity index (χ4v) is 2.81. The average molecular weight is 302 g/mol. The Morgan fingerprint density at radius 3 is 3.00 bits per heavy atom. The van der Waals surface area contributed by atoms with Gasteiger partial charge in [-0.25, -0.2) is 0 Å². The van der Waals surface area contributed by atoms with E-state index in [0.717, 1.165) is 41.9 Å². The lowest BCUT2D eigenvalue weighted by Gasteiger charge is -2.05. The minimum Gasteiger partial charge on any atom is -0.307 e. The van der Waals surface area contributed by atoms with Crippen molar-refractivity contribution < 1.29 is 4.79 Å². The van der Waals surface area contributed by atoms with Crippen LogP contribution in [0.25, 0.3) is 6.08 Å². The summed E-state index contributed by atoms with van der Waals surface area (Å²) in [6.45, 7) is 0. The van der Waals surface area contributed by atoms with Crippen LogP contribution in [0, 0.1) is 0 Å². The molecule has 0 spiro atoms. The first kappa shape index (κ1) is 13.9. The highest BCUT2D eigenvalue weighted by molar-refractivity contribution is 6.32. The second-order valence-electron chi connectivity index (χ2n) is 5.10. The monoisotopic (exact) mass is 301 g/mol. The van der Waals surface area contributed by atoms with E-state index in [1.807, 2.05) is 25.2 Å². The number of fused-ring (bicyclic) bond motifs is 1. The van der Waals surface area contributed by atoms with Crippen molar-refractivity contribution in [3.8, 4) is 0 Å². The second-order valence-corrected chi connectivity index (χ2v) is 5.50. The molecular weight excluding hydrogens is 286 g/mol. The van der Waals surface area contributed by atoms with Crippen molar-refractivity contribution >= 4 is 29.4 Å². The van der Waals surface area contributed by atoms with Gasteiger partial charge >= 0.3 is 0 Å². The molecule has 4 nitrogen and oxygen atoms in total. The van der Waals surface area contributed by atoms with Crippen molar-refractivity contribution in [3.63, 3.8) is 0 Å². The number of hydrogen-bond acceptors (Lipinski definition) is 2. The quantitative estimate of drug-likeness (QED) is 0.885. The summed E-state index contributed by atoms with van der Waals surface area (Å²) < 4.78 is 1.74. The third-order valence-corrected chi connectivity index (χ3v) is 3.97. The Morgan fingerprint density at radius 2 is 2.19 bits per heavy atom. The van der Waals surface area contributed by atoms with E-state index in [4.69, 9.17) is 11.6 Å². The molecule has 0 saturated heterocycles. The van der Waals surface area contributed by atoms with Crippen LogP contribution in [0.3, 0.4) is 0 Å². The number of carbonyl (C=O) groups is 1. The number of aryl methyl sites for hydroxylation is 2. The number of amides is 1. The normalized spacial score (nSPS) is 13.6. The summed E-state index contributed by atoms with van der Waals surface area (Å²) in [5.74, 6) is 0.629. The number of nitrogens with one attached hydrogen (secondary N) is 1. The van der Waals surface area contributed by atoms with Crippen LogP contribution < -0.4 is 5.32 Å². The van der Waals surface area contributed by atoms with Crippen molar-refractivity contribution in [2.45, 2.75) is 19.3 Å². The first-order valence-electron chi connectivity index (χ1n) is 6.93. The van der Waals surface area contributed by atoms with E-state index >= 15 is 0 Å². The highest BCUT2D eigenvalue weighted by Gasteiger charge is 2.21. The van der Waals surface area contributed by atoms with Gasteiger partial charge in [0, 0.05) is 23.7 Å². The fraction of sp³-hybridized carbons (Fsp3) is 0.250. The standard InChI is InChI=1S/C16H16ClN3O/c1-20-16(12-6-4-8-14(12)19-20)18-15(21)10-9-11-5-2-3-7-13(11)17/h2-3,5,7,9-10H,4,6,8H2,1H3,(H,18,21)/b10-9+. The molecule has 1 aliphatic carbocycles. The molecule has 1 aliphatic rings. The molecule has 0 radical (unpaired) electrons. The molecule has 5 heteroatoms. The Kier molecular flexibility index (Phi) is 3.80. The van der Waals surface area contributed by atoms with E-state index in [2.05, 4.69) is 10.4 Å². The Balaban J connectivity index is 1.74. The van der Waals surface area contributed by atoms with Crippen LogP contribution in [-0.2, 0) is 24.7 Å². The maximum atomic E-state index is 12.1. The smallest absolute Gasteiger partial charge is 0.249 e. The van der Waals surface area contributed by atoms with Crippen LogP contribution in [0.1, 0.15) is 23.2 Å². The molecule has 21 heavy (non-hydrogen) atoms. The molecule has 1 N–H and O–H groups in total. The summed E-state index contributed by atoms with van der Waals surface area (Å²) in [4.78, 5) is 12.1. The lowest BCUT2D eigenvalue weighted by molar-refractivity contribution is -0.111. The molecule has 1 heterocycles. The number of aromatic nitrogens is 2. The highest BCUT2D eigenvalue weighted by atomic mass is 35.5. The Morgan fingerprint density at radius 1 is 1.38 bits per heavy atom. The van der Waals surface area contributed by atoms with E-state index < -0.39 is 0 Å². The van der Waals surface area contributed by atoms with Crippen molar-refractivity contribution in [3.05, 3.63) is 52.2 Å². The maximum Gasteiger partial charge on any atom is 0.249 e. The van der Waals surface area contributed by atoms with Crippen LogP contribution in [0.5, 0.6) is 0 Å². The predicted molar refractivity (Wildman–Crippen MR) is 84.3 cm³/mol. The lowest BCUT2D eigenvalue weighted by Crippen LogP contribution is -2.12. The third kappa shape index (κ3) is 2.85. The fourth-order valence-electron chi connectivity index (χ4n) is 2.61. The molecule has 0 unspecified atom stereocenters. The molecule has 0 fully saturated rings. The minimum absolute atomic E-state index is 0.174. The van der Waals surface area contributed by atoms with Gasteiger partial charge in [-0.1, -0.05) is 29.8 Å². The van der Waals surface area contributed by atoms with Crippen LogP contribution >= 0.6 is 11.6 Å². The van der Waals surface area contributed by atoms with Crippen molar-refractivity contribution in [1.29, 1.82) is 0 Å². The van der Waals surface area contributed by atoms with E-state index in [9.17, 15) is 4.79 Å². The summed E-state index contributed by atoms with van der Waals surface area (Å²) in [7, 11) is 1.85. The van der Waals surface area contributed by atoms with Gasteiger partial charge < -0.3 is 5.32 Å². The summed E-state index contributed by atoms with van der Waals surface area (Å²) in [6.07, 6.45) is 6.29. The van der Waals surface area contributed by atoms with Crippen molar-refractivity contribution in [2.75, 3.05) is 5.32 Å². The average Bonchev–Trinajstić information content (AvgIpc) is 3.01. The molecule has 3 rings (SSSR count). The Labute approximate surface area is 128 Å². The van der Waals surface area contributed by atoms with Gasteiger partial charge in [0.2, 0.25) is 5.91 Å². The zero-order chi connectivity index (χ0) is 14.8. The first-order valence-corrected chi connectivity index (χ1v) is 7.31. The maximum absolute atomic E-state index is 12.1. The zero-order valence-electron chi connectivity index (χ0n) is 11.8. The molecule has 0 aliphatic heterocycles. The Hall–Kier alpha value is -2.07. The van der Waals surface area contributed by atoms with Crippen LogP contribution in [0.4, 0.5) is 5.82 Å². The number of hydrogen-bond donors (Lipinski definition) is 1. The van der Waals surface area contributed by atoms with Gasteiger partial charge in [-0.3, -0.25) is 9.48 Å². The molecular formula is C16H16ClN3O. The van der Waals surface area contributed by atoms with Gasteiger partial charge in [-0.15, -0.1) is 0 Å². The molecule has 0 bridgehead atoms. The number of rotatable bonds is 3. The van der Waals surface area contributed by atoms with Gasteiger partial charge in [0.05, 0.1) is 5.69 Å². The SMILES string of the molecule is Cn1nc2c(c1NC(=O)/C=C/c1ccccc1Cl)CCC2. The molecule has 1 aromatic heterocycles. The molecule has 108 valence electrons. The summed E-state index contributed by atoms with van der Waals surface area (Å²) in [6, 6.07) is 7.41. The topological polar surface area (TPSA) is 46.9 Å². The zero-order valence-corrected chi connectivity index (χ0v) is 12.5. The van der Waals surface area contributed by atoms with Gasteiger partial charge in [0.15, 0.2) is 0 Å². The van der Waals surface area contributed by atoms with Crippen LogP contribution in [0.15, 0.2) is 30.3 Å². The molecule has 1 amide bonds. The molecule has 2 aromatic rings. The second kappa shape index (κ2) is 5.74. The third-order valence-electron chi connectivity index (χ3n) is 3.63. The largest absolute Gasteiger partial charge is 0.307 e. The Bertz CT molecular complexity index is 718. The van der Waals surface area contributed by atoms with Crippen LogP contribution in [0.2, 0.25) is 5.02 Å². The highest BCUT2D eigenvalue weighted by Crippen LogP contribution is 2.28. The van der Waals surface area contributed by atoms with E-state index in [-0.39, 0.29) is 5.91 Å². The van der Waals surface area contributed by atoms with Crippen molar-refractivity contribution in [2.24, 2.45) is 7.05 Å². The number of halogens is 1. The van der Waals surface area contributed by atoms with Gasteiger partial charge in [0.25, 0.3) is 0 Å². The number of benzene rings is 1. The summed E-state index contributed by atoms with van der Waals surface area (Å²) in [5, 5.41) is 7.97. The molecule has 0 saturated carbocycles. The summed E-state index contributed by atoms with van der Waals surface area (Å²) >= 11 is 6.06. The van der Waals surface area contributed by atoms with E-state index in [1.165, 1.54) is 6.08 Å². The summed E-state index contributed by atoms with van der Waals surface area (Å²) in [5.41, 5.74) is 3.09. The van der Waals surface area contributed by atoms with E-state index in [1.54, 1.807) is 16.8 Å². The van der Waals surface area contributed by atoms with Gasteiger partial charge in [-0.2, -0.15) is 5.10 Å². The molecule has 0 atom stereocenters. The molecule has 1 aromatic carbocycles. The van der Waals surface area contributed by atoms with Crippen molar-refractivity contribution in [1.82, 2.24) is 9.78 Å². The van der Waals surface area contributed by atoms with E-state index in [0.29, 0.717) is 5.02 Å².